The first-order valence-corrected chi connectivity index (χ1v) is 7.90. The summed E-state index contributed by atoms with van der Waals surface area (Å²) >= 11 is 0. The summed E-state index contributed by atoms with van der Waals surface area (Å²) in [6.07, 6.45) is 2.74. The molecule has 0 aliphatic heterocycles. The molecule has 2 N–H and O–H groups in total. The molecule has 126 valence electrons. The minimum absolute atomic E-state index is 0.112. The molecule has 0 aliphatic rings. The molecule has 0 bridgehead atoms. The molecule has 2 heterocycles. The molecule has 23 heavy (non-hydrogen) atoms. The molecule has 2 aromatic rings. The smallest absolute Gasteiger partial charge is 0.242 e. The third-order valence-corrected chi connectivity index (χ3v) is 3.75. The summed E-state index contributed by atoms with van der Waals surface area (Å²) in [4.78, 5) is 12.5. The van der Waals surface area contributed by atoms with Gasteiger partial charge in [-0.15, -0.1) is 0 Å². The molecule has 0 aliphatic carbocycles. The molecule has 0 saturated heterocycles. The summed E-state index contributed by atoms with van der Waals surface area (Å²) in [5.74, 6) is 1.76. The molecule has 0 fully saturated rings. The molecular formula is C16H24N4O3. The van der Waals surface area contributed by atoms with Gasteiger partial charge < -0.3 is 19.7 Å². The number of nitrogens with zero attached hydrogens (tertiary/aromatic N) is 2. The van der Waals surface area contributed by atoms with E-state index in [0.717, 1.165) is 36.3 Å². The van der Waals surface area contributed by atoms with Crippen LogP contribution in [-0.2, 0) is 11.3 Å². The minimum atomic E-state index is -0.305. The predicted octanol–water partition coefficient (Wildman–Crippen LogP) is 2.87. The zero-order valence-electron chi connectivity index (χ0n) is 14.1. The quantitative estimate of drug-likeness (QED) is 0.777. The number of aromatic nitrogens is 2. The van der Waals surface area contributed by atoms with Gasteiger partial charge in [0.25, 0.3) is 0 Å². The van der Waals surface area contributed by atoms with Crippen molar-refractivity contribution in [2.75, 3.05) is 5.32 Å². The van der Waals surface area contributed by atoms with E-state index < -0.39 is 0 Å². The third-order valence-electron chi connectivity index (χ3n) is 3.75. The van der Waals surface area contributed by atoms with Crippen LogP contribution in [0.1, 0.15) is 49.0 Å². The fraction of sp³-hybridized carbons (Fsp3) is 0.562. The summed E-state index contributed by atoms with van der Waals surface area (Å²) in [5, 5.41) is 13.8. The molecule has 0 aromatic carbocycles. The molecule has 2 rings (SSSR count). The average molecular weight is 320 g/mol. The maximum Gasteiger partial charge on any atom is 0.242 e. The molecule has 7 heteroatoms. The fourth-order valence-corrected chi connectivity index (χ4v) is 2.35. The lowest BCUT2D eigenvalue weighted by Crippen LogP contribution is -2.40. The van der Waals surface area contributed by atoms with Crippen LogP contribution >= 0.6 is 0 Å². The highest BCUT2D eigenvalue weighted by Crippen LogP contribution is 2.14. The molecule has 7 nitrogen and oxygen atoms in total. The van der Waals surface area contributed by atoms with Crippen molar-refractivity contribution in [1.29, 1.82) is 0 Å². The van der Waals surface area contributed by atoms with Gasteiger partial charge in [-0.05, 0) is 27.2 Å². The van der Waals surface area contributed by atoms with E-state index in [4.69, 9.17) is 9.05 Å². The first-order chi connectivity index (χ1) is 11.0. The molecule has 2 aromatic heterocycles. The summed E-state index contributed by atoms with van der Waals surface area (Å²) in [5.41, 5.74) is 1.84. The van der Waals surface area contributed by atoms with Crippen LogP contribution in [0.3, 0.4) is 0 Å². The van der Waals surface area contributed by atoms with E-state index in [-0.39, 0.29) is 11.9 Å². The molecule has 0 spiro atoms. The van der Waals surface area contributed by atoms with Gasteiger partial charge in [0.15, 0.2) is 5.82 Å². The molecule has 0 saturated carbocycles. The normalized spacial score (nSPS) is 12.3. The van der Waals surface area contributed by atoms with Gasteiger partial charge in [0, 0.05) is 18.2 Å². The van der Waals surface area contributed by atoms with Crippen molar-refractivity contribution >= 4 is 11.7 Å². The van der Waals surface area contributed by atoms with Gasteiger partial charge in [0.1, 0.15) is 11.5 Å². The number of anilines is 1. The highest BCUT2D eigenvalue weighted by molar-refractivity contribution is 5.94. The molecule has 1 amide bonds. The van der Waals surface area contributed by atoms with E-state index in [1.807, 2.05) is 13.8 Å². The Hall–Kier alpha value is -2.15. The summed E-state index contributed by atoms with van der Waals surface area (Å²) in [6.45, 7) is 8.20. The number of aryl methyl sites for hydroxylation is 3. The van der Waals surface area contributed by atoms with Crippen LogP contribution in [0.25, 0.3) is 0 Å². The van der Waals surface area contributed by atoms with E-state index in [0.29, 0.717) is 18.1 Å². The maximum absolute atomic E-state index is 12.5. The number of nitrogens with one attached hydrogen (secondary N) is 2. The lowest BCUT2D eigenvalue weighted by molar-refractivity contribution is -0.118. The van der Waals surface area contributed by atoms with Crippen molar-refractivity contribution in [2.45, 2.75) is 59.5 Å². The van der Waals surface area contributed by atoms with Crippen molar-refractivity contribution in [3.05, 3.63) is 28.8 Å². The van der Waals surface area contributed by atoms with Gasteiger partial charge in [-0.1, -0.05) is 30.1 Å². The minimum Gasteiger partial charge on any atom is -0.361 e. The van der Waals surface area contributed by atoms with Crippen LogP contribution in [0.5, 0.6) is 0 Å². The van der Waals surface area contributed by atoms with Crippen molar-refractivity contribution in [1.82, 2.24) is 15.6 Å². The number of carbonyl (C=O) groups excluding carboxylic acids is 1. The van der Waals surface area contributed by atoms with Crippen LogP contribution < -0.4 is 10.6 Å². The molecule has 0 radical (unpaired) electrons. The second-order valence-corrected chi connectivity index (χ2v) is 5.69. The predicted molar refractivity (Wildman–Crippen MR) is 86.0 cm³/mol. The van der Waals surface area contributed by atoms with Crippen LogP contribution in [-0.4, -0.2) is 22.3 Å². The van der Waals surface area contributed by atoms with Crippen LogP contribution in [0.15, 0.2) is 15.1 Å². The summed E-state index contributed by atoms with van der Waals surface area (Å²) in [7, 11) is 0. The Balaban J connectivity index is 1.99. The van der Waals surface area contributed by atoms with Crippen LogP contribution in [0, 0.1) is 20.8 Å². The van der Waals surface area contributed by atoms with Gasteiger partial charge in [0.05, 0.1) is 11.7 Å². The Morgan fingerprint density at radius 1 is 1.26 bits per heavy atom. The summed E-state index contributed by atoms with van der Waals surface area (Å²) in [6, 6.07) is 1.39. The second kappa shape index (κ2) is 7.92. The Morgan fingerprint density at radius 3 is 2.61 bits per heavy atom. The number of hydrogen-bond donors (Lipinski definition) is 2. The SMILES string of the molecule is CCCC[C@H](NCc1c(C)noc1C)C(=O)Nc1cc(C)on1. The number of amides is 1. The van der Waals surface area contributed by atoms with E-state index in [9.17, 15) is 4.79 Å². The van der Waals surface area contributed by atoms with Crippen LogP contribution in [0.2, 0.25) is 0 Å². The zero-order valence-corrected chi connectivity index (χ0v) is 14.1. The largest absolute Gasteiger partial charge is 0.361 e. The van der Waals surface area contributed by atoms with Crippen molar-refractivity contribution in [2.24, 2.45) is 0 Å². The van der Waals surface area contributed by atoms with E-state index in [2.05, 4.69) is 27.9 Å². The zero-order chi connectivity index (χ0) is 16.8. The first kappa shape index (κ1) is 17.2. The third kappa shape index (κ3) is 4.66. The van der Waals surface area contributed by atoms with Gasteiger partial charge in [-0.25, -0.2) is 0 Å². The monoisotopic (exact) mass is 320 g/mol. The lowest BCUT2D eigenvalue weighted by atomic mass is 10.1. The lowest BCUT2D eigenvalue weighted by Gasteiger charge is -2.17. The van der Waals surface area contributed by atoms with E-state index in [1.165, 1.54) is 0 Å². The van der Waals surface area contributed by atoms with Crippen molar-refractivity contribution in [3.63, 3.8) is 0 Å². The highest BCUT2D eigenvalue weighted by atomic mass is 16.5. The molecule has 0 unspecified atom stereocenters. The Labute approximate surface area is 135 Å². The number of carbonyl (C=O) groups is 1. The maximum atomic E-state index is 12.5. The van der Waals surface area contributed by atoms with Gasteiger partial charge >= 0.3 is 0 Å². The standard InChI is InChI=1S/C16H24N4O3/c1-5-6-7-14(16(21)18-15-8-10(2)22-20-15)17-9-13-11(3)19-23-12(13)4/h8,14,17H,5-7,9H2,1-4H3,(H,18,20,21)/t14-/m0/s1. The second-order valence-electron chi connectivity index (χ2n) is 5.69. The van der Waals surface area contributed by atoms with Gasteiger partial charge in [-0.3, -0.25) is 4.79 Å². The van der Waals surface area contributed by atoms with E-state index >= 15 is 0 Å². The topological polar surface area (TPSA) is 93.2 Å². The fourth-order valence-electron chi connectivity index (χ4n) is 2.35. The average Bonchev–Trinajstić information content (AvgIpc) is 3.06. The number of hydrogen-bond acceptors (Lipinski definition) is 6. The summed E-state index contributed by atoms with van der Waals surface area (Å²) < 4.78 is 10.1. The number of rotatable bonds is 8. The number of unbranched alkanes of at least 4 members (excludes halogenated alkanes) is 1. The molecular weight excluding hydrogens is 296 g/mol. The first-order valence-electron chi connectivity index (χ1n) is 7.90. The Kier molecular flexibility index (Phi) is 5.92. The highest BCUT2D eigenvalue weighted by Gasteiger charge is 2.20. The van der Waals surface area contributed by atoms with E-state index in [1.54, 1.807) is 13.0 Å². The van der Waals surface area contributed by atoms with Gasteiger partial charge in [0.2, 0.25) is 5.91 Å². The van der Waals surface area contributed by atoms with Crippen LogP contribution in [0.4, 0.5) is 5.82 Å². The Morgan fingerprint density at radius 2 is 2.04 bits per heavy atom. The Bertz CT molecular complexity index is 628. The van der Waals surface area contributed by atoms with Crippen molar-refractivity contribution in [3.8, 4) is 0 Å². The van der Waals surface area contributed by atoms with Gasteiger partial charge in [-0.2, -0.15) is 0 Å². The van der Waals surface area contributed by atoms with Crippen molar-refractivity contribution < 1.29 is 13.8 Å². The molecule has 1 atom stereocenters.